The van der Waals surface area contributed by atoms with Crippen LogP contribution in [0.3, 0.4) is 0 Å². The Balaban J connectivity index is 4.13. The third-order valence-electron chi connectivity index (χ3n) is 14.8. The fourth-order valence-corrected chi connectivity index (χ4v) is 9.91. The number of hydrogen-bond donors (Lipinski definition) is 0. The Morgan fingerprint density at radius 3 is 0.813 bits per heavy atom. The van der Waals surface area contributed by atoms with Crippen molar-refractivity contribution in [1.29, 1.82) is 0 Å². The maximum atomic E-state index is 12.9. The molecule has 0 saturated heterocycles. The Morgan fingerprint density at radius 1 is 0.280 bits per heavy atom. The third-order valence-corrected chi connectivity index (χ3v) is 14.8. The van der Waals surface area contributed by atoms with E-state index in [9.17, 15) is 14.4 Å². The minimum absolute atomic E-state index is 0.0671. The van der Waals surface area contributed by atoms with Gasteiger partial charge in [0.1, 0.15) is 13.2 Å². The molecule has 0 spiro atoms. The molecule has 0 aliphatic heterocycles. The molecule has 0 rings (SSSR count). The number of rotatable bonds is 61. The molecule has 438 valence electrons. The lowest BCUT2D eigenvalue weighted by atomic mass is 10.0. The Morgan fingerprint density at radius 2 is 0.520 bits per heavy atom. The summed E-state index contributed by atoms with van der Waals surface area (Å²) in [6, 6.07) is 0. The van der Waals surface area contributed by atoms with Crippen molar-refractivity contribution in [2.24, 2.45) is 0 Å². The van der Waals surface area contributed by atoms with E-state index in [0.717, 1.165) is 83.5 Å². The van der Waals surface area contributed by atoms with Crippen LogP contribution >= 0.6 is 0 Å². The van der Waals surface area contributed by atoms with E-state index in [2.05, 4.69) is 69.4 Å². The summed E-state index contributed by atoms with van der Waals surface area (Å²) in [5, 5.41) is 0. The average Bonchev–Trinajstić information content (AvgIpc) is 3.41. The van der Waals surface area contributed by atoms with E-state index < -0.39 is 6.10 Å². The highest BCUT2D eigenvalue weighted by Crippen LogP contribution is 2.18. The monoisotopic (exact) mass is 1050 g/mol. The predicted molar refractivity (Wildman–Crippen MR) is 325 cm³/mol. The van der Waals surface area contributed by atoms with Crippen molar-refractivity contribution in [1.82, 2.24) is 0 Å². The number of esters is 3. The van der Waals surface area contributed by atoms with Gasteiger partial charge in [-0.3, -0.25) is 14.4 Å². The second-order valence-electron chi connectivity index (χ2n) is 22.4. The van der Waals surface area contributed by atoms with Crippen molar-refractivity contribution in [3.05, 3.63) is 48.6 Å². The van der Waals surface area contributed by atoms with E-state index >= 15 is 0 Å². The van der Waals surface area contributed by atoms with Crippen molar-refractivity contribution in [2.75, 3.05) is 13.2 Å². The Hall–Kier alpha value is -2.63. The largest absolute Gasteiger partial charge is 0.462 e. The zero-order valence-corrected chi connectivity index (χ0v) is 50.3. The minimum atomic E-state index is -0.768. The summed E-state index contributed by atoms with van der Waals surface area (Å²) in [5.74, 6) is -0.846. The molecule has 0 heterocycles. The SMILES string of the molecule is CC/C=C\C/C=C\C/C=C\C/C=C\CCCCCCCCCCCCCCCCC(=O)OCC(COC(=O)CCCCCCCCCCC)OC(=O)CCCCCCCCCCCCCCCCCCCCCCC. The minimum Gasteiger partial charge on any atom is -0.462 e. The second kappa shape index (κ2) is 63.9. The first-order chi connectivity index (χ1) is 37.0. The molecule has 0 aromatic rings. The lowest BCUT2D eigenvalue weighted by Crippen LogP contribution is -2.30. The molecule has 0 fully saturated rings. The normalized spacial score (nSPS) is 12.3. The van der Waals surface area contributed by atoms with E-state index in [0.29, 0.717) is 19.3 Å². The van der Waals surface area contributed by atoms with E-state index in [1.807, 2.05) is 0 Å². The van der Waals surface area contributed by atoms with Crippen LogP contribution in [-0.2, 0) is 28.6 Å². The molecule has 0 N–H and O–H groups in total. The topological polar surface area (TPSA) is 78.9 Å². The van der Waals surface area contributed by atoms with Gasteiger partial charge in [-0.15, -0.1) is 0 Å². The van der Waals surface area contributed by atoms with Gasteiger partial charge in [0, 0.05) is 19.3 Å². The van der Waals surface area contributed by atoms with Gasteiger partial charge in [-0.2, -0.15) is 0 Å². The van der Waals surface area contributed by atoms with Crippen LogP contribution in [0.5, 0.6) is 0 Å². The summed E-state index contributed by atoms with van der Waals surface area (Å²) in [4.78, 5) is 38.2. The molecule has 1 unspecified atom stereocenters. The molecule has 75 heavy (non-hydrogen) atoms. The Bertz CT molecular complexity index is 1300. The summed E-state index contributed by atoms with van der Waals surface area (Å²) in [6.45, 7) is 6.57. The van der Waals surface area contributed by atoms with Crippen molar-refractivity contribution < 1.29 is 28.6 Å². The van der Waals surface area contributed by atoms with Crippen LogP contribution in [0.4, 0.5) is 0 Å². The molecule has 0 aliphatic carbocycles. The number of carbonyl (C=O) groups excluding carboxylic acids is 3. The molecule has 6 nitrogen and oxygen atoms in total. The van der Waals surface area contributed by atoms with Gasteiger partial charge in [0.05, 0.1) is 0 Å². The molecule has 0 aromatic heterocycles. The fraction of sp³-hybridized carbons (Fsp3) is 0.841. The van der Waals surface area contributed by atoms with E-state index in [4.69, 9.17) is 14.2 Å². The fourth-order valence-electron chi connectivity index (χ4n) is 9.91. The summed E-state index contributed by atoms with van der Waals surface area (Å²) in [7, 11) is 0. The van der Waals surface area contributed by atoms with Crippen molar-refractivity contribution >= 4 is 17.9 Å². The number of unbranched alkanes of at least 4 members (excludes halogenated alkanes) is 42. The van der Waals surface area contributed by atoms with Crippen LogP contribution < -0.4 is 0 Å². The lowest BCUT2D eigenvalue weighted by molar-refractivity contribution is -0.167. The first-order valence-electron chi connectivity index (χ1n) is 33.1. The summed E-state index contributed by atoms with van der Waals surface area (Å²) >= 11 is 0. The third kappa shape index (κ3) is 62.1. The molecule has 0 aromatic carbocycles. The molecule has 0 radical (unpaired) electrons. The molecule has 0 aliphatic rings. The number of carbonyl (C=O) groups is 3. The number of ether oxygens (including phenoxy) is 3. The van der Waals surface area contributed by atoms with Gasteiger partial charge in [-0.1, -0.05) is 326 Å². The summed E-state index contributed by atoms with van der Waals surface area (Å²) in [6.07, 6.45) is 80.0. The standard InChI is InChI=1S/C69H126O6/c1-4-7-10-13-16-19-21-23-25-27-29-31-32-33-34-35-36-38-39-41-43-45-47-50-53-56-59-62-68(71)74-65-66(64-73-67(70)61-58-55-52-49-18-15-12-9-6-3)75-69(72)63-60-57-54-51-48-46-44-42-40-37-30-28-26-24-22-20-17-14-11-8-5-2/h7,10,16,19,23,25,29,31,66H,4-6,8-9,11-15,17-18,20-22,24,26-28,30,32-65H2,1-3H3/b10-7-,19-16-,25-23-,31-29-. The van der Waals surface area contributed by atoms with Crippen LogP contribution in [0.15, 0.2) is 48.6 Å². The van der Waals surface area contributed by atoms with Crippen LogP contribution in [0.1, 0.15) is 355 Å². The maximum Gasteiger partial charge on any atom is 0.306 e. The highest BCUT2D eigenvalue weighted by atomic mass is 16.6. The highest BCUT2D eigenvalue weighted by molar-refractivity contribution is 5.71. The van der Waals surface area contributed by atoms with Gasteiger partial charge in [0.2, 0.25) is 0 Å². The van der Waals surface area contributed by atoms with Gasteiger partial charge >= 0.3 is 17.9 Å². The van der Waals surface area contributed by atoms with Gasteiger partial charge in [-0.25, -0.2) is 0 Å². The summed E-state index contributed by atoms with van der Waals surface area (Å²) in [5.41, 5.74) is 0. The molecular weight excluding hydrogens is 925 g/mol. The smallest absolute Gasteiger partial charge is 0.306 e. The Kier molecular flexibility index (Phi) is 61.7. The van der Waals surface area contributed by atoms with Crippen molar-refractivity contribution in [3.8, 4) is 0 Å². The molecule has 6 heteroatoms. The summed E-state index contributed by atoms with van der Waals surface area (Å²) < 4.78 is 16.9. The predicted octanol–water partition coefficient (Wildman–Crippen LogP) is 22.6. The molecule has 0 saturated carbocycles. The molecule has 1 atom stereocenters. The van der Waals surface area contributed by atoms with Crippen LogP contribution in [0.25, 0.3) is 0 Å². The zero-order valence-electron chi connectivity index (χ0n) is 50.3. The number of hydrogen-bond acceptors (Lipinski definition) is 6. The lowest BCUT2D eigenvalue weighted by Gasteiger charge is -2.18. The first kappa shape index (κ1) is 72.4. The van der Waals surface area contributed by atoms with E-state index in [1.165, 1.54) is 231 Å². The average molecular weight is 1050 g/mol. The quantitative estimate of drug-likeness (QED) is 0.0261. The first-order valence-corrected chi connectivity index (χ1v) is 33.1. The van der Waals surface area contributed by atoms with Crippen molar-refractivity contribution in [3.63, 3.8) is 0 Å². The van der Waals surface area contributed by atoms with E-state index in [-0.39, 0.29) is 31.1 Å². The maximum absolute atomic E-state index is 12.9. The molecule has 0 bridgehead atoms. The second-order valence-corrected chi connectivity index (χ2v) is 22.4. The van der Waals surface area contributed by atoms with Crippen LogP contribution in [0, 0.1) is 0 Å². The number of allylic oxidation sites excluding steroid dienone is 8. The van der Waals surface area contributed by atoms with Crippen LogP contribution in [0.2, 0.25) is 0 Å². The Labute approximate surface area is 467 Å². The van der Waals surface area contributed by atoms with E-state index in [1.54, 1.807) is 0 Å². The van der Waals surface area contributed by atoms with Gasteiger partial charge < -0.3 is 14.2 Å². The van der Waals surface area contributed by atoms with Crippen molar-refractivity contribution in [2.45, 2.75) is 361 Å². The van der Waals surface area contributed by atoms with Gasteiger partial charge in [0.15, 0.2) is 6.10 Å². The molecular formula is C69H126O6. The van der Waals surface area contributed by atoms with Gasteiger partial charge in [-0.05, 0) is 57.8 Å². The molecule has 0 amide bonds. The highest BCUT2D eigenvalue weighted by Gasteiger charge is 2.19. The van der Waals surface area contributed by atoms with Crippen LogP contribution in [-0.4, -0.2) is 37.2 Å². The van der Waals surface area contributed by atoms with Gasteiger partial charge in [0.25, 0.3) is 0 Å². The zero-order chi connectivity index (χ0) is 54.3.